The van der Waals surface area contributed by atoms with Gasteiger partial charge < -0.3 is 4.74 Å². The molecule has 3 aromatic rings. The predicted molar refractivity (Wildman–Crippen MR) is 109 cm³/mol. The van der Waals surface area contributed by atoms with E-state index in [9.17, 15) is 14.9 Å². The van der Waals surface area contributed by atoms with E-state index in [0.29, 0.717) is 16.4 Å². The average molecular weight is 397 g/mol. The fraction of sp³-hybridized carbons (Fsp3) is 0.200. The average Bonchev–Trinajstić information content (AvgIpc) is 3.01. The van der Waals surface area contributed by atoms with Crippen LogP contribution in [0.4, 0.5) is 10.8 Å². The molecule has 0 atom stereocenters. The molecule has 1 aromatic heterocycles. The van der Waals surface area contributed by atoms with Crippen molar-refractivity contribution in [3.05, 3.63) is 68.6 Å². The van der Waals surface area contributed by atoms with Gasteiger partial charge >= 0.3 is 0 Å². The number of hydrogen-bond donors (Lipinski definition) is 1. The van der Waals surface area contributed by atoms with Crippen molar-refractivity contribution >= 4 is 28.1 Å². The van der Waals surface area contributed by atoms with Crippen LogP contribution < -0.4 is 10.1 Å². The van der Waals surface area contributed by atoms with E-state index in [0.717, 1.165) is 16.1 Å². The van der Waals surface area contributed by atoms with Gasteiger partial charge in [0, 0.05) is 22.6 Å². The van der Waals surface area contributed by atoms with E-state index in [1.165, 1.54) is 35.1 Å². The number of hydrogen-bond acceptors (Lipinski definition) is 6. The predicted octanol–water partition coefficient (Wildman–Crippen LogP) is 4.66. The summed E-state index contributed by atoms with van der Waals surface area (Å²) < 4.78 is 5.48. The smallest absolute Gasteiger partial charge is 0.269 e. The Morgan fingerprint density at radius 2 is 1.89 bits per heavy atom. The van der Waals surface area contributed by atoms with Crippen LogP contribution in [0.25, 0.3) is 11.3 Å². The second kappa shape index (κ2) is 8.18. The van der Waals surface area contributed by atoms with Crippen molar-refractivity contribution in [2.24, 2.45) is 0 Å². The maximum Gasteiger partial charge on any atom is 0.269 e. The number of non-ortho nitro benzene ring substituents is 1. The van der Waals surface area contributed by atoms with Gasteiger partial charge in [-0.05, 0) is 32.4 Å². The Balaban J connectivity index is 1.63. The van der Waals surface area contributed by atoms with Crippen LogP contribution in [-0.2, 0) is 4.79 Å². The van der Waals surface area contributed by atoms with Crippen molar-refractivity contribution in [1.29, 1.82) is 0 Å². The number of carbonyl (C=O) groups excluding carboxylic acids is 1. The number of carbonyl (C=O) groups is 1. The van der Waals surface area contributed by atoms with Crippen molar-refractivity contribution in [3.8, 4) is 17.0 Å². The molecule has 1 heterocycles. The molecule has 0 unspecified atom stereocenters. The van der Waals surface area contributed by atoms with Crippen molar-refractivity contribution in [2.45, 2.75) is 20.8 Å². The minimum atomic E-state index is -0.472. The SMILES string of the molecule is Cc1ccc(-c2nc(NC(=O)COc3ccc([N+](=O)[O-])cc3C)sc2C)cc1. The van der Waals surface area contributed by atoms with Gasteiger partial charge in [-0.15, -0.1) is 11.3 Å². The van der Waals surface area contributed by atoms with Gasteiger partial charge in [0.1, 0.15) is 5.75 Å². The first-order valence-corrected chi connectivity index (χ1v) is 9.37. The maximum atomic E-state index is 12.2. The number of thiazole rings is 1. The minimum Gasteiger partial charge on any atom is -0.483 e. The lowest BCUT2D eigenvalue weighted by Crippen LogP contribution is -2.20. The van der Waals surface area contributed by atoms with Crippen molar-refractivity contribution in [2.75, 3.05) is 11.9 Å². The maximum absolute atomic E-state index is 12.2. The number of aryl methyl sites for hydroxylation is 3. The molecule has 7 nitrogen and oxygen atoms in total. The molecule has 0 saturated carbocycles. The van der Waals surface area contributed by atoms with Crippen LogP contribution in [0, 0.1) is 30.9 Å². The second-order valence-electron chi connectivity index (χ2n) is 6.33. The van der Waals surface area contributed by atoms with E-state index in [2.05, 4.69) is 10.3 Å². The highest BCUT2D eigenvalue weighted by molar-refractivity contribution is 7.16. The summed E-state index contributed by atoms with van der Waals surface area (Å²) in [4.78, 5) is 28.0. The quantitative estimate of drug-likeness (QED) is 0.482. The molecule has 0 aliphatic carbocycles. The molecule has 144 valence electrons. The largest absolute Gasteiger partial charge is 0.483 e. The Morgan fingerprint density at radius 1 is 1.18 bits per heavy atom. The van der Waals surface area contributed by atoms with Gasteiger partial charge in [-0.3, -0.25) is 20.2 Å². The number of nitro groups is 1. The second-order valence-corrected chi connectivity index (χ2v) is 7.54. The van der Waals surface area contributed by atoms with Crippen LogP contribution >= 0.6 is 11.3 Å². The van der Waals surface area contributed by atoms with Crippen LogP contribution in [0.5, 0.6) is 5.75 Å². The van der Waals surface area contributed by atoms with Gasteiger partial charge in [0.15, 0.2) is 11.7 Å². The van der Waals surface area contributed by atoms with Gasteiger partial charge in [0.2, 0.25) is 0 Å². The first kappa shape index (κ1) is 19.5. The summed E-state index contributed by atoms with van der Waals surface area (Å²) in [5.74, 6) is 0.0818. The van der Waals surface area contributed by atoms with E-state index in [4.69, 9.17) is 4.74 Å². The Morgan fingerprint density at radius 3 is 2.54 bits per heavy atom. The van der Waals surface area contributed by atoms with E-state index < -0.39 is 4.92 Å². The van der Waals surface area contributed by atoms with Crippen LogP contribution in [0.2, 0.25) is 0 Å². The highest BCUT2D eigenvalue weighted by Crippen LogP contribution is 2.30. The van der Waals surface area contributed by atoms with E-state index >= 15 is 0 Å². The third-order valence-electron chi connectivity index (χ3n) is 4.10. The number of rotatable bonds is 6. The molecule has 0 aliphatic rings. The van der Waals surface area contributed by atoms with E-state index in [1.54, 1.807) is 6.92 Å². The number of benzene rings is 2. The lowest BCUT2D eigenvalue weighted by Gasteiger charge is -2.08. The molecule has 1 N–H and O–H groups in total. The summed E-state index contributed by atoms with van der Waals surface area (Å²) in [6.45, 7) is 5.46. The third kappa shape index (κ3) is 4.52. The van der Waals surface area contributed by atoms with Crippen LogP contribution in [-0.4, -0.2) is 22.4 Å². The lowest BCUT2D eigenvalue weighted by atomic mass is 10.1. The summed E-state index contributed by atoms with van der Waals surface area (Å²) in [5, 5.41) is 14.0. The first-order chi connectivity index (χ1) is 13.3. The fourth-order valence-corrected chi connectivity index (χ4v) is 3.49. The normalized spacial score (nSPS) is 10.5. The van der Waals surface area contributed by atoms with Crippen LogP contribution in [0.1, 0.15) is 16.0 Å². The zero-order valence-electron chi connectivity index (χ0n) is 15.7. The topological polar surface area (TPSA) is 94.4 Å². The number of amides is 1. The Labute approximate surface area is 166 Å². The molecule has 2 aromatic carbocycles. The highest BCUT2D eigenvalue weighted by atomic mass is 32.1. The molecule has 0 fully saturated rings. The van der Waals surface area contributed by atoms with Gasteiger partial charge in [-0.1, -0.05) is 29.8 Å². The van der Waals surface area contributed by atoms with Gasteiger partial charge in [0.25, 0.3) is 11.6 Å². The molecule has 0 spiro atoms. The van der Waals surface area contributed by atoms with Crippen molar-refractivity contribution in [1.82, 2.24) is 4.98 Å². The van der Waals surface area contributed by atoms with Gasteiger partial charge in [-0.2, -0.15) is 0 Å². The fourth-order valence-electron chi connectivity index (χ4n) is 2.64. The zero-order valence-corrected chi connectivity index (χ0v) is 16.5. The zero-order chi connectivity index (χ0) is 20.3. The molecular weight excluding hydrogens is 378 g/mol. The van der Waals surface area contributed by atoms with Crippen molar-refractivity contribution < 1.29 is 14.5 Å². The van der Waals surface area contributed by atoms with Gasteiger partial charge in [0.05, 0.1) is 10.6 Å². The summed E-state index contributed by atoms with van der Waals surface area (Å²) in [7, 11) is 0. The molecule has 1 amide bonds. The molecule has 0 radical (unpaired) electrons. The summed E-state index contributed by atoms with van der Waals surface area (Å²) in [6.07, 6.45) is 0. The first-order valence-electron chi connectivity index (χ1n) is 8.55. The third-order valence-corrected chi connectivity index (χ3v) is 4.98. The molecule has 3 rings (SSSR count). The van der Waals surface area contributed by atoms with Gasteiger partial charge in [-0.25, -0.2) is 4.98 Å². The number of ether oxygens (including phenoxy) is 1. The monoisotopic (exact) mass is 397 g/mol. The number of nitro benzene ring substituents is 1. The molecule has 0 bridgehead atoms. The van der Waals surface area contributed by atoms with Crippen LogP contribution in [0.15, 0.2) is 42.5 Å². The Kier molecular flexibility index (Phi) is 5.70. The molecule has 0 aliphatic heterocycles. The molecule has 8 heteroatoms. The molecule has 0 saturated heterocycles. The Hall–Kier alpha value is -3.26. The summed E-state index contributed by atoms with van der Waals surface area (Å²) in [6, 6.07) is 12.3. The van der Waals surface area contributed by atoms with Crippen molar-refractivity contribution in [3.63, 3.8) is 0 Å². The summed E-state index contributed by atoms with van der Waals surface area (Å²) in [5.41, 5.74) is 3.58. The number of anilines is 1. The highest BCUT2D eigenvalue weighted by Gasteiger charge is 2.14. The number of nitrogens with one attached hydrogen (secondary N) is 1. The standard InChI is InChI=1S/C20H19N3O4S/c1-12-4-6-15(7-5-12)19-14(3)28-20(22-19)21-18(24)11-27-17-9-8-16(23(25)26)10-13(17)2/h4-10H,11H2,1-3H3,(H,21,22,24). The number of nitrogens with zero attached hydrogens (tertiary/aromatic N) is 2. The van der Waals surface area contributed by atoms with E-state index in [-0.39, 0.29) is 18.2 Å². The molecule has 28 heavy (non-hydrogen) atoms. The number of aromatic nitrogens is 1. The lowest BCUT2D eigenvalue weighted by molar-refractivity contribution is -0.384. The Bertz CT molecular complexity index is 1030. The molecular formula is C20H19N3O4S. The summed E-state index contributed by atoms with van der Waals surface area (Å²) >= 11 is 1.40. The minimum absolute atomic E-state index is 0.0174. The van der Waals surface area contributed by atoms with E-state index in [1.807, 2.05) is 38.1 Å². The van der Waals surface area contributed by atoms with Crippen LogP contribution in [0.3, 0.4) is 0 Å².